The Morgan fingerprint density at radius 3 is 2.40 bits per heavy atom. The minimum Gasteiger partial charge on any atom is -0.307 e. The van der Waals surface area contributed by atoms with Gasteiger partial charge in [-0.05, 0) is 49.3 Å². The van der Waals surface area contributed by atoms with E-state index < -0.39 is 0 Å². The molecular weight excluding hydrogens is 189 g/mol. The van der Waals surface area contributed by atoms with E-state index in [0.29, 0.717) is 6.04 Å². The molecule has 15 heavy (non-hydrogen) atoms. The third kappa shape index (κ3) is 1.91. The van der Waals surface area contributed by atoms with Gasteiger partial charge < -0.3 is 5.32 Å². The summed E-state index contributed by atoms with van der Waals surface area (Å²) in [6.45, 7) is 0. The van der Waals surface area contributed by atoms with Crippen LogP contribution in [0.5, 0.6) is 0 Å². The van der Waals surface area contributed by atoms with Gasteiger partial charge in [-0.15, -0.1) is 0 Å². The second-order valence-corrected chi connectivity index (χ2v) is 4.79. The van der Waals surface area contributed by atoms with Crippen LogP contribution in [0, 0.1) is 11.7 Å². The zero-order valence-corrected chi connectivity index (χ0v) is 8.75. The van der Waals surface area contributed by atoms with Crippen LogP contribution in [0.25, 0.3) is 0 Å². The van der Waals surface area contributed by atoms with Crippen LogP contribution in [0.3, 0.4) is 0 Å². The highest BCUT2D eigenvalue weighted by Crippen LogP contribution is 2.40. The molecule has 1 heterocycles. The highest BCUT2D eigenvalue weighted by molar-refractivity contribution is 5.21. The SMILES string of the molecule is Fc1ccc([C@H]2CC[C@@H](C3CC3)N2)cc1. The lowest BCUT2D eigenvalue weighted by Gasteiger charge is -2.13. The zero-order chi connectivity index (χ0) is 10.3. The Hall–Kier alpha value is -0.890. The first-order chi connectivity index (χ1) is 7.33. The van der Waals surface area contributed by atoms with E-state index in [1.54, 1.807) is 12.1 Å². The maximum atomic E-state index is 12.8. The second-order valence-electron chi connectivity index (χ2n) is 4.79. The fourth-order valence-corrected chi connectivity index (χ4v) is 2.60. The van der Waals surface area contributed by atoms with E-state index in [1.165, 1.54) is 31.2 Å². The topological polar surface area (TPSA) is 12.0 Å². The summed E-state index contributed by atoms with van der Waals surface area (Å²) >= 11 is 0. The molecule has 80 valence electrons. The molecule has 2 atom stereocenters. The van der Waals surface area contributed by atoms with E-state index in [2.05, 4.69) is 5.32 Å². The molecule has 1 saturated heterocycles. The lowest BCUT2D eigenvalue weighted by Crippen LogP contribution is -2.25. The Kier molecular flexibility index (Phi) is 2.24. The number of nitrogens with one attached hydrogen (secondary N) is 1. The van der Waals surface area contributed by atoms with Gasteiger partial charge in [0.05, 0.1) is 0 Å². The molecule has 1 aliphatic carbocycles. The van der Waals surface area contributed by atoms with Gasteiger partial charge in [-0.25, -0.2) is 4.39 Å². The van der Waals surface area contributed by atoms with Crippen molar-refractivity contribution in [3.05, 3.63) is 35.6 Å². The third-order valence-corrected chi connectivity index (χ3v) is 3.65. The quantitative estimate of drug-likeness (QED) is 0.782. The Labute approximate surface area is 89.7 Å². The smallest absolute Gasteiger partial charge is 0.123 e. The molecule has 0 amide bonds. The summed E-state index contributed by atoms with van der Waals surface area (Å²) in [5.41, 5.74) is 1.24. The van der Waals surface area contributed by atoms with Gasteiger partial charge in [0.25, 0.3) is 0 Å². The Bertz CT molecular complexity index is 342. The molecule has 2 heteroatoms. The van der Waals surface area contributed by atoms with E-state index in [0.717, 1.165) is 12.0 Å². The van der Waals surface area contributed by atoms with Gasteiger partial charge in [0.15, 0.2) is 0 Å². The van der Waals surface area contributed by atoms with Crippen LogP contribution >= 0.6 is 0 Å². The van der Waals surface area contributed by atoms with Crippen LogP contribution in [0.2, 0.25) is 0 Å². The van der Waals surface area contributed by atoms with Gasteiger partial charge in [-0.2, -0.15) is 0 Å². The zero-order valence-electron chi connectivity index (χ0n) is 8.75. The van der Waals surface area contributed by atoms with Crippen LogP contribution in [0.1, 0.15) is 37.3 Å². The molecule has 2 aliphatic rings. The van der Waals surface area contributed by atoms with E-state index >= 15 is 0 Å². The average Bonchev–Trinajstić information content (AvgIpc) is 2.99. The van der Waals surface area contributed by atoms with Crippen molar-refractivity contribution in [1.29, 1.82) is 0 Å². The molecule has 1 aromatic rings. The first kappa shape index (κ1) is 9.34. The van der Waals surface area contributed by atoms with Gasteiger partial charge in [0, 0.05) is 12.1 Å². The minimum absolute atomic E-state index is 0.143. The number of hydrogen-bond donors (Lipinski definition) is 1. The molecule has 0 radical (unpaired) electrons. The van der Waals surface area contributed by atoms with Crippen molar-refractivity contribution in [2.45, 2.75) is 37.8 Å². The van der Waals surface area contributed by atoms with Gasteiger partial charge in [-0.3, -0.25) is 0 Å². The van der Waals surface area contributed by atoms with Crippen molar-refractivity contribution in [2.75, 3.05) is 0 Å². The maximum absolute atomic E-state index is 12.8. The van der Waals surface area contributed by atoms with Crippen molar-refractivity contribution in [1.82, 2.24) is 5.32 Å². The van der Waals surface area contributed by atoms with Gasteiger partial charge in [0.1, 0.15) is 5.82 Å². The summed E-state index contributed by atoms with van der Waals surface area (Å²) in [6.07, 6.45) is 5.28. The normalized spacial score (nSPS) is 30.7. The van der Waals surface area contributed by atoms with Crippen molar-refractivity contribution in [3.63, 3.8) is 0 Å². The molecule has 0 bridgehead atoms. The van der Waals surface area contributed by atoms with Crippen molar-refractivity contribution >= 4 is 0 Å². The molecule has 1 saturated carbocycles. The minimum atomic E-state index is -0.143. The van der Waals surface area contributed by atoms with Crippen LogP contribution in [0.15, 0.2) is 24.3 Å². The van der Waals surface area contributed by atoms with E-state index in [1.807, 2.05) is 12.1 Å². The van der Waals surface area contributed by atoms with E-state index in [-0.39, 0.29) is 5.82 Å². The maximum Gasteiger partial charge on any atom is 0.123 e. The first-order valence-electron chi connectivity index (χ1n) is 5.84. The summed E-state index contributed by atoms with van der Waals surface area (Å²) in [5, 5.41) is 3.67. The summed E-state index contributed by atoms with van der Waals surface area (Å²) in [7, 11) is 0. The summed E-state index contributed by atoms with van der Waals surface area (Å²) in [5.74, 6) is 0.783. The molecule has 3 rings (SSSR count). The van der Waals surface area contributed by atoms with E-state index in [9.17, 15) is 4.39 Å². The average molecular weight is 205 g/mol. The number of hydrogen-bond acceptors (Lipinski definition) is 1. The Morgan fingerprint density at radius 2 is 1.73 bits per heavy atom. The predicted octanol–water partition coefficient (Wildman–Crippen LogP) is 3.03. The Morgan fingerprint density at radius 1 is 1.00 bits per heavy atom. The lowest BCUT2D eigenvalue weighted by atomic mass is 10.1. The largest absolute Gasteiger partial charge is 0.307 e. The van der Waals surface area contributed by atoms with E-state index in [4.69, 9.17) is 0 Å². The van der Waals surface area contributed by atoms with Gasteiger partial charge >= 0.3 is 0 Å². The molecule has 1 N–H and O–H groups in total. The summed E-state index contributed by atoms with van der Waals surface area (Å²) < 4.78 is 12.8. The highest BCUT2D eigenvalue weighted by atomic mass is 19.1. The predicted molar refractivity (Wildman–Crippen MR) is 58.0 cm³/mol. The number of benzene rings is 1. The Balaban J connectivity index is 1.70. The molecule has 2 fully saturated rings. The van der Waals surface area contributed by atoms with Crippen LogP contribution in [0.4, 0.5) is 4.39 Å². The molecule has 1 aromatic carbocycles. The fourth-order valence-electron chi connectivity index (χ4n) is 2.60. The summed E-state index contributed by atoms with van der Waals surface area (Å²) in [6, 6.07) is 8.10. The molecule has 0 unspecified atom stereocenters. The molecule has 1 nitrogen and oxygen atoms in total. The monoisotopic (exact) mass is 205 g/mol. The molecule has 0 spiro atoms. The summed E-state index contributed by atoms with van der Waals surface area (Å²) in [4.78, 5) is 0. The van der Waals surface area contributed by atoms with Crippen LogP contribution in [-0.4, -0.2) is 6.04 Å². The number of rotatable bonds is 2. The van der Waals surface area contributed by atoms with Gasteiger partial charge in [0.2, 0.25) is 0 Å². The standard InChI is InChI=1S/C13H16FN/c14-11-5-3-10(4-6-11)13-8-7-12(15-13)9-1-2-9/h3-6,9,12-13,15H,1-2,7-8H2/t12-,13+/m0/s1. The van der Waals surface area contributed by atoms with Crippen LogP contribution in [-0.2, 0) is 0 Å². The van der Waals surface area contributed by atoms with Crippen LogP contribution < -0.4 is 5.32 Å². The highest BCUT2D eigenvalue weighted by Gasteiger charge is 2.36. The van der Waals surface area contributed by atoms with Crippen molar-refractivity contribution in [2.24, 2.45) is 5.92 Å². The molecule has 0 aromatic heterocycles. The third-order valence-electron chi connectivity index (χ3n) is 3.65. The van der Waals surface area contributed by atoms with Crippen molar-refractivity contribution in [3.8, 4) is 0 Å². The fraction of sp³-hybridized carbons (Fsp3) is 0.538. The van der Waals surface area contributed by atoms with Gasteiger partial charge in [-0.1, -0.05) is 12.1 Å². The first-order valence-corrected chi connectivity index (χ1v) is 5.84. The number of halogens is 1. The molecular formula is C13H16FN. The van der Waals surface area contributed by atoms with Crippen molar-refractivity contribution < 1.29 is 4.39 Å². The second kappa shape index (κ2) is 3.60. The lowest BCUT2D eigenvalue weighted by molar-refractivity contribution is 0.503. The molecule has 1 aliphatic heterocycles.